The molecule has 5 heteroatoms. The summed E-state index contributed by atoms with van der Waals surface area (Å²) in [6, 6.07) is 0. The molecule has 1 unspecified atom stereocenters. The fourth-order valence-corrected chi connectivity index (χ4v) is 1.71. The molecule has 0 aromatic heterocycles. The van der Waals surface area contributed by atoms with Crippen molar-refractivity contribution in [3.05, 3.63) is 0 Å². The Morgan fingerprint density at radius 3 is 2.81 bits per heavy atom. The van der Waals surface area contributed by atoms with Crippen LogP contribution in [0.5, 0.6) is 0 Å². The molecule has 0 aromatic carbocycles. The molecule has 3 N–H and O–H groups in total. The first-order valence-electron chi connectivity index (χ1n) is 6.10. The molecule has 0 radical (unpaired) electrons. The van der Waals surface area contributed by atoms with Crippen molar-refractivity contribution in [3.8, 4) is 0 Å². The third-order valence-electron chi connectivity index (χ3n) is 2.85. The number of piperazine rings is 1. The van der Waals surface area contributed by atoms with Gasteiger partial charge in [0.25, 0.3) is 0 Å². The minimum atomic E-state index is -0.292. The molecule has 5 nitrogen and oxygen atoms in total. The summed E-state index contributed by atoms with van der Waals surface area (Å²) in [5.41, 5.74) is 0. The van der Waals surface area contributed by atoms with Crippen LogP contribution in [0.4, 0.5) is 0 Å². The fraction of sp³-hybridized carbons (Fsp3) is 0.909. The maximum absolute atomic E-state index is 11.5. The summed E-state index contributed by atoms with van der Waals surface area (Å²) in [6.07, 6.45) is 1.09. The lowest BCUT2D eigenvalue weighted by Gasteiger charge is -2.26. The smallest absolute Gasteiger partial charge is 0.234 e. The highest BCUT2D eigenvalue weighted by atomic mass is 16.3. The van der Waals surface area contributed by atoms with Gasteiger partial charge in [0.15, 0.2) is 0 Å². The molecular formula is C11H23N3O2. The highest BCUT2D eigenvalue weighted by Crippen LogP contribution is 1.95. The van der Waals surface area contributed by atoms with Crippen molar-refractivity contribution in [3.63, 3.8) is 0 Å². The van der Waals surface area contributed by atoms with Crippen LogP contribution >= 0.6 is 0 Å². The van der Waals surface area contributed by atoms with E-state index in [2.05, 4.69) is 15.5 Å². The zero-order valence-electron chi connectivity index (χ0n) is 10.0. The molecular weight excluding hydrogens is 206 g/mol. The Morgan fingerprint density at radius 1 is 1.50 bits per heavy atom. The number of amides is 1. The summed E-state index contributed by atoms with van der Waals surface area (Å²) < 4.78 is 0. The number of aliphatic hydroxyl groups is 1. The molecule has 0 aliphatic carbocycles. The maximum Gasteiger partial charge on any atom is 0.234 e. The van der Waals surface area contributed by atoms with E-state index < -0.39 is 0 Å². The first-order valence-corrected chi connectivity index (χ1v) is 6.10. The van der Waals surface area contributed by atoms with Gasteiger partial charge in [-0.2, -0.15) is 0 Å². The molecule has 1 saturated heterocycles. The third-order valence-corrected chi connectivity index (χ3v) is 2.85. The second-order valence-corrected chi connectivity index (χ2v) is 4.23. The minimum Gasteiger partial charge on any atom is -0.393 e. The summed E-state index contributed by atoms with van der Waals surface area (Å²) in [6.45, 7) is 6.77. The predicted octanol–water partition coefficient (Wildman–Crippen LogP) is -0.831. The minimum absolute atomic E-state index is 0.0604. The van der Waals surface area contributed by atoms with E-state index in [1.165, 1.54) is 0 Å². The van der Waals surface area contributed by atoms with Crippen molar-refractivity contribution in [2.75, 3.05) is 39.3 Å². The number of carbonyl (C=O) groups excluding carboxylic acids is 1. The van der Waals surface area contributed by atoms with E-state index in [1.807, 2.05) is 6.92 Å². The van der Waals surface area contributed by atoms with Crippen molar-refractivity contribution >= 4 is 5.91 Å². The van der Waals surface area contributed by atoms with E-state index in [4.69, 9.17) is 0 Å². The first-order chi connectivity index (χ1) is 7.72. The number of nitrogens with one attached hydrogen (secondary N) is 2. The van der Waals surface area contributed by atoms with Gasteiger partial charge < -0.3 is 15.7 Å². The Kier molecular flexibility index (Phi) is 6.37. The van der Waals surface area contributed by atoms with Crippen LogP contribution in [0, 0.1) is 0 Å². The van der Waals surface area contributed by atoms with Crippen molar-refractivity contribution in [1.82, 2.24) is 15.5 Å². The zero-order chi connectivity index (χ0) is 11.8. The number of nitrogens with zero attached hydrogens (tertiary/aromatic N) is 1. The standard InChI is InChI=1S/C11H23N3O2/c1-2-10(15)3-4-13-11(16)9-14-7-5-12-6-8-14/h10,12,15H,2-9H2,1H3,(H,13,16). The molecule has 0 bridgehead atoms. The molecule has 1 heterocycles. The lowest BCUT2D eigenvalue weighted by Crippen LogP contribution is -2.47. The van der Waals surface area contributed by atoms with Crippen molar-refractivity contribution < 1.29 is 9.90 Å². The van der Waals surface area contributed by atoms with E-state index in [1.54, 1.807) is 0 Å². The SMILES string of the molecule is CCC(O)CCNC(=O)CN1CCNCC1. The van der Waals surface area contributed by atoms with E-state index in [0.29, 0.717) is 19.5 Å². The van der Waals surface area contributed by atoms with Crippen molar-refractivity contribution in [2.45, 2.75) is 25.9 Å². The van der Waals surface area contributed by atoms with Gasteiger partial charge in [-0.3, -0.25) is 9.69 Å². The lowest BCUT2D eigenvalue weighted by molar-refractivity contribution is -0.122. The van der Waals surface area contributed by atoms with Gasteiger partial charge in [-0.1, -0.05) is 6.92 Å². The molecule has 94 valence electrons. The average molecular weight is 229 g/mol. The normalized spacial score (nSPS) is 19.4. The Balaban J connectivity index is 2.05. The number of rotatable bonds is 6. The van der Waals surface area contributed by atoms with Gasteiger partial charge in [-0.15, -0.1) is 0 Å². The summed E-state index contributed by atoms with van der Waals surface area (Å²) in [7, 11) is 0. The zero-order valence-corrected chi connectivity index (χ0v) is 10.0. The number of carbonyl (C=O) groups is 1. The molecule has 1 fully saturated rings. The molecule has 1 aliphatic heterocycles. The van der Waals surface area contributed by atoms with Gasteiger partial charge in [-0.25, -0.2) is 0 Å². The summed E-state index contributed by atoms with van der Waals surface area (Å²) in [4.78, 5) is 13.7. The maximum atomic E-state index is 11.5. The quantitative estimate of drug-likeness (QED) is 0.556. The van der Waals surface area contributed by atoms with Crippen LogP contribution in [-0.2, 0) is 4.79 Å². The second kappa shape index (κ2) is 7.60. The monoisotopic (exact) mass is 229 g/mol. The van der Waals surface area contributed by atoms with Crippen LogP contribution < -0.4 is 10.6 Å². The third kappa shape index (κ3) is 5.44. The number of aliphatic hydroxyl groups excluding tert-OH is 1. The molecule has 1 atom stereocenters. The van der Waals surface area contributed by atoms with E-state index >= 15 is 0 Å². The van der Waals surface area contributed by atoms with Crippen molar-refractivity contribution in [1.29, 1.82) is 0 Å². The van der Waals surface area contributed by atoms with Gasteiger partial charge in [0.2, 0.25) is 5.91 Å². The summed E-state index contributed by atoms with van der Waals surface area (Å²) in [5, 5.41) is 15.4. The second-order valence-electron chi connectivity index (χ2n) is 4.23. The molecule has 0 saturated carbocycles. The Morgan fingerprint density at radius 2 is 2.19 bits per heavy atom. The van der Waals surface area contributed by atoms with Gasteiger partial charge >= 0.3 is 0 Å². The highest BCUT2D eigenvalue weighted by Gasteiger charge is 2.13. The Bertz CT molecular complexity index is 205. The van der Waals surface area contributed by atoms with E-state index in [0.717, 1.165) is 32.6 Å². The fourth-order valence-electron chi connectivity index (χ4n) is 1.71. The molecule has 0 spiro atoms. The molecule has 1 rings (SSSR count). The van der Waals surface area contributed by atoms with Crippen LogP contribution in [0.25, 0.3) is 0 Å². The first kappa shape index (κ1) is 13.4. The highest BCUT2D eigenvalue weighted by molar-refractivity contribution is 5.77. The average Bonchev–Trinajstić information content (AvgIpc) is 2.30. The lowest BCUT2D eigenvalue weighted by atomic mass is 10.2. The van der Waals surface area contributed by atoms with E-state index in [9.17, 15) is 9.90 Å². The molecule has 1 amide bonds. The van der Waals surface area contributed by atoms with Gasteiger partial charge in [0.05, 0.1) is 12.6 Å². The summed E-state index contributed by atoms with van der Waals surface area (Å²) in [5.74, 6) is 0.0604. The van der Waals surface area contributed by atoms with Crippen LogP contribution in [-0.4, -0.2) is 61.3 Å². The van der Waals surface area contributed by atoms with Crippen molar-refractivity contribution in [2.24, 2.45) is 0 Å². The van der Waals surface area contributed by atoms with Gasteiger partial charge in [0.1, 0.15) is 0 Å². The van der Waals surface area contributed by atoms with Crippen LogP contribution in [0.1, 0.15) is 19.8 Å². The Hall–Kier alpha value is -0.650. The molecule has 1 aliphatic rings. The largest absolute Gasteiger partial charge is 0.393 e. The molecule has 16 heavy (non-hydrogen) atoms. The Labute approximate surface area is 97.2 Å². The molecule has 0 aromatic rings. The van der Waals surface area contributed by atoms with Crippen LogP contribution in [0.2, 0.25) is 0 Å². The number of hydrogen-bond donors (Lipinski definition) is 3. The van der Waals surface area contributed by atoms with Gasteiger partial charge in [0, 0.05) is 32.7 Å². The van der Waals surface area contributed by atoms with Crippen LogP contribution in [0.15, 0.2) is 0 Å². The van der Waals surface area contributed by atoms with E-state index in [-0.39, 0.29) is 12.0 Å². The summed E-state index contributed by atoms with van der Waals surface area (Å²) >= 11 is 0. The predicted molar refractivity (Wildman–Crippen MR) is 63.2 cm³/mol. The van der Waals surface area contributed by atoms with Crippen LogP contribution in [0.3, 0.4) is 0 Å². The number of hydrogen-bond acceptors (Lipinski definition) is 4. The van der Waals surface area contributed by atoms with Gasteiger partial charge in [-0.05, 0) is 12.8 Å². The topological polar surface area (TPSA) is 64.6 Å².